The van der Waals surface area contributed by atoms with Gasteiger partial charge < -0.3 is 20.9 Å². The zero-order chi connectivity index (χ0) is 24.2. The third-order valence-corrected chi connectivity index (χ3v) is 6.51. The van der Waals surface area contributed by atoms with E-state index in [9.17, 15) is 9.18 Å². The van der Waals surface area contributed by atoms with Gasteiger partial charge in [-0.1, -0.05) is 0 Å². The van der Waals surface area contributed by atoms with Crippen molar-refractivity contribution in [2.24, 2.45) is 5.92 Å². The van der Waals surface area contributed by atoms with Crippen LogP contribution in [0.4, 0.5) is 33.0 Å². The Balaban J connectivity index is 1.27. The number of hydrogen-bond donors (Lipinski definition) is 3. The van der Waals surface area contributed by atoms with Crippen LogP contribution < -0.4 is 20.9 Å². The number of benzene rings is 1. The third kappa shape index (κ3) is 6.07. The van der Waals surface area contributed by atoms with Crippen molar-refractivity contribution >= 4 is 34.5 Å². The predicted octanol–water partition coefficient (Wildman–Crippen LogP) is 5.73. The summed E-state index contributed by atoms with van der Waals surface area (Å²) in [7, 11) is 0. The van der Waals surface area contributed by atoms with Gasteiger partial charge in [0.05, 0.1) is 35.0 Å². The lowest BCUT2D eigenvalue weighted by Gasteiger charge is -2.29. The first-order valence-electron chi connectivity index (χ1n) is 12.3. The molecule has 0 bridgehead atoms. The van der Waals surface area contributed by atoms with Crippen LogP contribution in [0, 0.1) is 18.7 Å². The summed E-state index contributed by atoms with van der Waals surface area (Å²) in [6, 6.07) is 10.4. The van der Waals surface area contributed by atoms with Gasteiger partial charge in [0.1, 0.15) is 11.6 Å². The highest BCUT2D eigenvalue weighted by atomic mass is 19.1. The van der Waals surface area contributed by atoms with Crippen molar-refractivity contribution < 1.29 is 9.18 Å². The maximum Gasteiger partial charge on any atom is 0.257 e. The van der Waals surface area contributed by atoms with E-state index in [-0.39, 0.29) is 11.7 Å². The van der Waals surface area contributed by atoms with Crippen molar-refractivity contribution in [3.63, 3.8) is 0 Å². The number of hydrogen-bond acceptors (Lipinski definition) is 6. The van der Waals surface area contributed by atoms with E-state index < -0.39 is 0 Å². The van der Waals surface area contributed by atoms with Gasteiger partial charge in [-0.2, -0.15) is 0 Å². The highest BCUT2D eigenvalue weighted by Crippen LogP contribution is 2.29. The van der Waals surface area contributed by atoms with E-state index in [1.54, 1.807) is 31.5 Å². The molecule has 1 saturated carbocycles. The molecule has 3 N–H and O–H groups in total. The largest absolute Gasteiger partial charge is 0.371 e. The maximum atomic E-state index is 14.4. The summed E-state index contributed by atoms with van der Waals surface area (Å²) in [4.78, 5) is 23.9. The zero-order valence-electron chi connectivity index (χ0n) is 20.0. The molecule has 182 valence electrons. The molecule has 0 radical (unpaired) electrons. The molecule has 5 rings (SSSR count). The molecule has 2 aromatic heterocycles. The van der Waals surface area contributed by atoms with E-state index in [4.69, 9.17) is 0 Å². The lowest BCUT2D eigenvalue weighted by molar-refractivity contribution is 0.102. The number of aromatic nitrogens is 2. The van der Waals surface area contributed by atoms with E-state index in [1.165, 1.54) is 25.3 Å². The van der Waals surface area contributed by atoms with Gasteiger partial charge >= 0.3 is 0 Å². The summed E-state index contributed by atoms with van der Waals surface area (Å²) in [5, 5.41) is 9.42. The van der Waals surface area contributed by atoms with Crippen molar-refractivity contribution in [3.05, 3.63) is 65.9 Å². The number of rotatable bonds is 8. The SMILES string of the molecule is Cc1ncc(Nc2cc(F)cc(N3CCCCC3)c2)cc1C(=O)Nc1ccc(NCC2CC2)nc1. The molecule has 3 aromatic rings. The van der Waals surface area contributed by atoms with Gasteiger partial charge in [-0.15, -0.1) is 0 Å². The molecule has 3 heterocycles. The van der Waals surface area contributed by atoms with Gasteiger partial charge in [-0.3, -0.25) is 9.78 Å². The second-order valence-corrected chi connectivity index (χ2v) is 9.44. The molecule has 7 nitrogen and oxygen atoms in total. The lowest BCUT2D eigenvalue weighted by Crippen LogP contribution is -2.29. The number of nitrogens with one attached hydrogen (secondary N) is 3. The fraction of sp³-hybridized carbons (Fsp3) is 0.370. The molecule has 1 saturated heterocycles. The Morgan fingerprint density at radius 1 is 1.00 bits per heavy atom. The number of aryl methyl sites for hydroxylation is 1. The molecular weight excluding hydrogens is 443 g/mol. The molecule has 1 amide bonds. The first-order chi connectivity index (χ1) is 17.0. The van der Waals surface area contributed by atoms with E-state index in [1.807, 2.05) is 18.2 Å². The summed E-state index contributed by atoms with van der Waals surface area (Å²) in [5.74, 6) is 0.998. The van der Waals surface area contributed by atoms with Crippen molar-refractivity contribution in [1.82, 2.24) is 9.97 Å². The highest BCUT2D eigenvalue weighted by molar-refractivity contribution is 6.05. The second-order valence-electron chi connectivity index (χ2n) is 9.44. The Morgan fingerprint density at radius 3 is 2.54 bits per heavy atom. The predicted molar refractivity (Wildman–Crippen MR) is 138 cm³/mol. The lowest BCUT2D eigenvalue weighted by atomic mass is 10.1. The van der Waals surface area contributed by atoms with E-state index in [0.29, 0.717) is 28.3 Å². The van der Waals surface area contributed by atoms with Crippen molar-refractivity contribution in [2.45, 2.75) is 39.0 Å². The zero-order valence-corrected chi connectivity index (χ0v) is 20.0. The molecule has 0 spiro atoms. The number of carbonyl (C=O) groups is 1. The normalized spacial score (nSPS) is 15.5. The number of pyridine rings is 2. The van der Waals surface area contributed by atoms with Crippen LogP contribution in [0.2, 0.25) is 0 Å². The van der Waals surface area contributed by atoms with Gasteiger partial charge in [0.2, 0.25) is 0 Å². The standard InChI is InChI=1S/C27H31FN6O/c1-18-25(27(35)33-21-7-8-26(31-16-21)30-15-19-5-6-19)14-23(17-29-18)32-22-11-20(28)12-24(13-22)34-9-3-2-4-10-34/h7-8,11-14,16-17,19,32H,2-6,9-10,15H2,1H3,(H,30,31)(H,33,35). The molecule has 1 aliphatic heterocycles. The smallest absolute Gasteiger partial charge is 0.257 e. The number of piperidine rings is 1. The number of carbonyl (C=O) groups excluding carboxylic acids is 1. The number of amides is 1. The molecule has 1 aliphatic carbocycles. The Kier molecular flexibility index (Phi) is 6.79. The first kappa shape index (κ1) is 23.1. The monoisotopic (exact) mass is 474 g/mol. The average Bonchev–Trinajstić information content (AvgIpc) is 3.70. The molecule has 35 heavy (non-hydrogen) atoms. The fourth-order valence-electron chi connectivity index (χ4n) is 4.32. The van der Waals surface area contributed by atoms with Crippen molar-refractivity contribution in [3.8, 4) is 0 Å². The molecule has 8 heteroatoms. The Morgan fingerprint density at radius 2 is 1.80 bits per heavy atom. The first-order valence-corrected chi connectivity index (χ1v) is 12.3. The van der Waals surface area contributed by atoms with E-state index in [0.717, 1.165) is 49.9 Å². The van der Waals surface area contributed by atoms with E-state index in [2.05, 4.69) is 30.8 Å². The Hall–Kier alpha value is -3.68. The maximum absolute atomic E-state index is 14.4. The van der Waals surface area contributed by atoms with Gasteiger partial charge in [0.15, 0.2) is 0 Å². The van der Waals surface area contributed by atoms with Gasteiger partial charge in [-0.25, -0.2) is 9.37 Å². The molecule has 2 fully saturated rings. The molecule has 2 aliphatic rings. The van der Waals surface area contributed by atoms with Crippen LogP contribution in [-0.2, 0) is 0 Å². The topological polar surface area (TPSA) is 82.2 Å². The van der Waals surface area contributed by atoms with Crippen LogP contribution in [0.25, 0.3) is 0 Å². The van der Waals surface area contributed by atoms with Crippen molar-refractivity contribution in [2.75, 3.05) is 40.5 Å². The number of nitrogens with zero attached hydrogens (tertiary/aromatic N) is 3. The quantitative estimate of drug-likeness (QED) is 0.387. The summed E-state index contributed by atoms with van der Waals surface area (Å²) in [5.41, 5.74) is 3.78. The number of halogens is 1. The molecule has 0 atom stereocenters. The van der Waals surface area contributed by atoms with Crippen LogP contribution in [0.5, 0.6) is 0 Å². The summed E-state index contributed by atoms with van der Waals surface area (Å²) in [6.07, 6.45) is 9.31. The third-order valence-electron chi connectivity index (χ3n) is 6.51. The average molecular weight is 475 g/mol. The minimum absolute atomic E-state index is 0.271. The van der Waals surface area contributed by atoms with Crippen LogP contribution in [-0.4, -0.2) is 35.5 Å². The van der Waals surface area contributed by atoms with Crippen molar-refractivity contribution in [1.29, 1.82) is 0 Å². The Bertz CT molecular complexity index is 1190. The van der Waals surface area contributed by atoms with Crippen LogP contribution in [0.3, 0.4) is 0 Å². The van der Waals surface area contributed by atoms with Crippen LogP contribution in [0.1, 0.15) is 48.2 Å². The van der Waals surface area contributed by atoms with Crippen LogP contribution in [0.15, 0.2) is 48.8 Å². The van der Waals surface area contributed by atoms with Gasteiger partial charge in [-0.05, 0) is 81.3 Å². The van der Waals surface area contributed by atoms with Gasteiger partial charge in [0.25, 0.3) is 5.91 Å². The number of anilines is 5. The fourth-order valence-corrected chi connectivity index (χ4v) is 4.32. The van der Waals surface area contributed by atoms with Crippen LogP contribution >= 0.6 is 0 Å². The van der Waals surface area contributed by atoms with E-state index >= 15 is 0 Å². The molecule has 1 aromatic carbocycles. The molecular formula is C27H31FN6O. The minimum atomic E-state index is -0.295. The highest BCUT2D eigenvalue weighted by Gasteiger charge is 2.20. The summed E-state index contributed by atoms with van der Waals surface area (Å²) < 4.78 is 14.4. The second kappa shape index (κ2) is 10.3. The molecule has 0 unspecified atom stereocenters. The van der Waals surface area contributed by atoms with Gasteiger partial charge in [0, 0.05) is 31.0 Å². The summed E-state index contributed by atoms with van der Waals surface area (Å²) >= 11 is 0. The summed E-state index contributed by atoms with van der Waals surface area (Å²) in [6.45, 7) is 4.60. The minimum Gasteiger partial charge on any atom is -0.371 e. The Labute approximate surface area is 205 Å².